The van der Waals surface area contributed by atoms with Gasteiger partial charge in [-0.3, -0.25) is 0 Å². The molecule has 2 atom stereocenters. The van der Waals surface area contributed by atoms with Gasteiger partial charge in [0.25, 0.3) is 0 Å². The molecule has 0 spiro atoms. The molecular weight excluding hydrogens is 190 g/mol. The Morgan fingerprint density at radius 1 is 1.20 bits per heavy atom. The minimum Gasteiger partial charge on any atom is -0.381 e. The minimum atomic E-state index is 0.163. The molecule has 0 amide bonds. The van der Waals surface area contributed by atoms with Crippen LogP contribution in [0, 0.1) is 5.92 Å². The second-order valence-corrected chi connectivity index (χ2v) is 4.07. The van der Waals surface area contributed by atoms with Crippen LogP contribution in [0.1, 0.15) is 40.0 Å². The molecule has 2 unspecified atom stereocenters. The monoisotopic (exact) mass is 217 g/mol. The van der Waals surface area contributed by atoms with Crippen molar-refractivity contribution in [3.05, 3.63) is 0 Å². The minimum absolute atomic E-state index is 0.163. The lowest BCUT2D eigenvalue weighted by Crippen LogP contribution is -2.25. The molecule has 0 saturated carbocycles. The highest BCUT2D eigenvalue weighted by Gasteiger charge is 2.06. The first-order valence-corrected chi connectivity index (χ1v) is 6.13. The molecule has 2 N–H and O–H groups in total. The van der Waals surface area contributed by atoms with E-state index in [-0.39, 0.29) is 6.10 Å². The van der Waals surface area contributed by atoms with E-state index in [1.165, 1.54) is 12.8 Å². The molecule has 0 aliphatic heterocycles. The van der Waals surface area contributed by atoms with Gasteiger partial charge in [0.1, 0.15) is 0 Å². The third kappa shape index (κ3) is 8.85. The van der Waals surface area contributed by atoms with Crippen LogP contribution in [0.4, 0.5) is 0 Å². The van der Waals surface area contributed by atoms with Crippen LogP contribution in [0.2, 0.25) is 0 Å². The summed E-state index contributed by atoms with van der Waals surface area (Å²) in [5, 5.41) is 0. The topological polar surface area (TPSA) is 44.5 Å². The Hall–Kier alpha value is -0.120. The van der Waals surface area contributed by atoms with Gasteiger partial charge in [-0.05, 0) is 25.7 Å². The Bertz CT molecular complexity index is 131. The van der Waals surface area contributed by atoms with Gasteiger partial charge in [0.05, 0.1) is 6.10 Å². The predicted molar refractivity (Wildman–Crippen MR) is 64.0 cm³/mol. The van der Waals surface area contributed by atoms with Gasteiger partial charge in [-0.25, -0.2) is 0 Å². The van der Waals surface area contributed by atoms with Gasteiger partial charge in [-0.15, -0.1) is 0 Å². The van der Waals surface area contributed by atoms with E-state index >= 15 is 0 Å². The van der Waals surface area contributed by atoms with Crippen LogP contribution in [0.15, 0.2) is 0 Å². The zero-order chi connectivity index (χ0) is 11.5. The first kappa shape index (κ1) is 14.9. The SMILES string of the molecule is CCCC(C)COCCC(CN)OCC. The summed E-state index contributed by atoms with van der Waals surface area (Å²) >= 11 is 0. The molecule has 0 aromatic rings. The van der Waals surface area contributed by atoms with Gasteiger partial charge in [-0.1, -0.05) is 20.3 Å². The van der Waals surface area contributed by atoms with Crippen LogP contribution in [-0.2, 0) is 9.47 Å². The van der Waals surface area contributed by atoms with Gasteiger partial charge in [-0.2, -0.15) is 0 Å². The molecule has 0 aliphatic carbocycles. The molecule has 0 aliphatic rings. The van der Waals surface area contributed by atoms with Crippen molar-refractivity contribution in [3.8, 4) is 0 Å². The second kappa shape index (κ2) is 10.4. The Morgan fingerprint density at radius 2 is 1.93 bits per heavy atom. The molecule has 0 radical (unpaired) electrons. The number of hydrogen-bond donors (Lipinski definition) is 1. The van der Waals surface area contributed by atoms with Crippen molar-refractivity contribution in [1.29, 1.82) is 0 Å². The summed E-state index contributed by atoms with van der Waals surface area (Å²) in [5.74, 6) is 0.665. The van der Waals surface area contributed by atoms with E-state index in [1.807, 2.05) is 6.92 Å². The predicted octanol–water partition coefficient (Wildman–Crippen LogP) is 2.19. The van der Waals surface area contributed by atoms with E-state index in [1.54, 1.807) is 0 Å². The maximum Gasteiger partial charge on any atom is 0.0719 e. The van der Waals surface area contributed by atoms with Crippen molar-refractivity contribution in [2.45, 2.75) is 46.1 Å². The summed E-state index contributed by atoms with van der Waals surface area (Å²) < 4.78 is 11.0. The molecule has 0 heterocycles. The van der Waals surface area contributed by atoms with E-state index in [2.05, 4.69) is 13.8 Å². The van der Waals surface area contributed by atoms with E-state index in [4.69, 9.17) is 15.2 Å². The van der Waals surface area contributed by atoms with Crippen LogP contribution in [0.25, 0.3) is 0 Å². The van der Waals surface area contributed by atoms with E-state index < -0.39 is 0 Å². The third-order valence-electron chi connectivity index (χ3n) is 2.43. The zero-order valence-corrected chi connectivity index (χ0v) is 10.5. The highest BCUT2D eigenvalue weighted by atomic mass is 16.5. The van der Waals surface area contributed by atoms with E-state index in [0.29, 0.717) is 12.5 Å². The third-order valence-corrected chi connectivity index (χ3v) is 2.43. The van der Waals surface area contributed by atoms with Gasteiger partial charge < -0.3 is 15.2 Å². The Balaban J connectivity index is 3.35. The van der Waals surface area contributed by atoms with Crippen molar-refractivity contribution < 1.29 is 9.47 Å². The van der Waals surface area contributed by atoms with Gasteiger partial charge >= 0.3 is 0 Å². The molecular formula is C12H27NO2. The fourth-order valence-electron chi connectivity index (χ4n) is 1.58. The Kier molecular flexibility index (Phi) is 10.3. The van der Waals surface area contributed by atoms with Crippen molar-refractivity contribution in [3.63, 3.8) is 0 Å². The summed E-state index contributed by atoms with van der Waals surface area (Å²) in [4.78, 5) is 0. The smallest absolute Gasteiger partial charge is 0.0719 e. The highest BCUT2D eigenvalue weighted by Crippen LogP contribution is 2.06. The van der Waals surface area contributed by atoms with E-state index in [0.717, 1.165) is 26.2 Å². The fourth-order valence-corrected chi connectivity index (χ4v) is 1.58. The molecule has 0 aromatic heterocycles. The van der Waals surface area contributed by atoms with Crippen molar-refractivity contribution in [2.24, 2.45) is 11.7 Å². The van der Waals surface area contributed by atoms with Crippen molar-refractivity contribution in [1.82, 2.24) is 0 Å². The first-order valence-electron chi connectivity index (χ1n) is 6.13. The van der Waals surface area contributed by atoms with Crippen LogP contribution >= 0.6 is 0 Å². The number of ether oxygens (including phenoxy) is 2. The van der Waals surface area contributed by atoms with Crippen LogP contribution < -0.4 is 5.73 Å². The van der Waals surface area contributed by atoms with Crippen LogP contribution in [0.5, 0.6) is 0 Å². The zero-order valence-electron chi connectivity index (χ0n) is 10.5. The molecule has 0 saturated heterocycles. The van der Waals surface area contributed by atoms with Gasteiger partial charge in [0, 0.05) is 26.4 Å². The van der Waals surface area contributed by atoms with Crippen molar-refractivity contribution >= 4 is 0 Å². The van der Waals surface area contributed by atoms with Gasteiger partial charge in [0.2, 0.25) is 0 Å². The largest absolute Gasteiger partial charge is 0.381 e. The summed E-state index contributed by atoms with van der Waals surface area (Å²) in [6, 6.07) is 0. The van der Waals surface area contributed by atoms with Crippen molar-refractivity contribution in [2.75, 3.05) is 26.4 Å². The molecule has 0 fully saturated rings. The molecule has 0 rings (SSSR count). The maximum absolute atomic E-state index is 5.59. The summed E-state index contributed by atoms with van der Waals surface area (Å²) in [6.45, 7) is 9.36. The summed E-state index contributed by atoms with van der Waals surface area (Å²) in [5.41, 5.74) is 5.57. The summed E-state index contributed by atoms with van der Waals surface area (Å²) in [6.07, 6.45) is 3.54. The molecule has 92 valence electrons. The lowest BCUT2D eigenvalue weighted by Gasteiger charge is -2.16. The number of rotatable bonds is 10. The molecule has 3 heteroatoms. The lowest BCUT2D eigenvalue weighted by atomic mass is 10.1. The Morgan fingerprint density at radius 3 is 2.47 bits per heavy atom. The van der Waals surface area contributed by atoms with E-state index in [9.17, 15) is 0 Å². The summed E-state index contributed by atoms with van der Waals surface area (Å²) in [7, 11) is 0. The second-order valence-electron chi connectivity index (χ2n) is 4.07. The maximum atomic E-state index is 5.59. The number of nitrogens with two attached hydrogens (primary N) is 1. The highest BCUT2D eigenvalue weighted by molar-refractivity contribution is 4.58. The molecule has 3 nitrogen and oxygen atoms in total. The quantitative estimate of drug-likeness (QED) is 0.570. The average Bonchev–Trinajstić information content (AvgIpc) is 2.23. The first-order chi connectivity index (χ1) is 7.24. The molecule has 0 bridgehead atoms. The van der Waals surface area contributed by atoms with Gasteiger partial charge in [0.15, 0.2) is 0 Å². The standard InChI is InChI=1S/C12H27NO2/c1-4-6-11(3)10-14-8-7-12(9-13)15-5-2/h11-12H,4-10,13H2,1-3H3. The molecule has 15 heavy (non-hydrogen) atoms. The average molecular weight is 217 g/mol. The Labute approximate surface area is 94.3 Å². The number of hydrogen-bond acceptors (Lipinski definition) is 3. The lowest BCUT2D eigenvalue weighted by molar-refractivity contribution is 0.0257. The van der Waals surface area contributed by atoms with Crippen LogP contribution in [0.3, 0.4) is 0 Å². The normalized spacial score (nSPS) is 15.2. The molecule has 0 aromatic carbocycles. The fraction of sp³-hybridized carbons (Fsp3) is 1.00. The van der Waals surface area contributed by atoms with Crippen LogP contribution in [-0.4, -0.2) is 32.5 Å².